The molecule has 206 valence electrons. The molecule has 7 nitrogen and oxygen atoms in total. The Balaban J connectivity index is 1.46. The van der Waals surface area contributed by atoms with Gasteiger partial charge in [0.15, 0.2) is 5.11 Å². The lowest BCUT2D eigenvalue weighted by atomic mass is 9.96. The third kappa shape index (κ3) is 5.56. The first-order chi connectivity index (χ1) is 19.2. The van der Waals surface area contributed by atoms with Crippen molar-refractivity contribution in [1.82, 2.24) is 19.8 Å². The molecule has 1 fully saturated rings. The lowest BCUT2D eigenvalue weighted by Gasteiger charge is -2.28. The van der Waals surface area contributed by atoms with Crippen LogP contribution in [0.15, 0.2) is 79.0 Å². The van der Waals surface area contributed by atoms with E-state index >= 15 is 0 Å². The fourth-order valence-electron chi connectivity index (χ4n) is 5.35. The van der Waals surface area contributed by atoms with E-state index in [0.29, 0.717) is 17.3 Å². The lowest BCUT2D eigenvalue weighted by Crippen LogP contribution is -2.32. The summed E-state index contributed by atoms with van der Waals surface area (Å²) in [5.74, 6) is -0.512. The Morgan fingerprint density at radius 3 is 2.45 bits per heavy atom. The van der Waals surface area contributed by atoms with Crippen LogP contribution in [0.1, 0.15) is 41.1 Å². The smallest absolute Gasteiger partial charge is 0.226 e. The van der Waals surface area contributed by atoms with Crippen LogP contribution in [-0.2, 0) is 4.79 Å². The molecule has 1 saturated heterocycles. The van der Waals surface area contributed by atoms with Gasteiger partial charge in [-0.3, -0.25) is 9.78 Å². The van der Waals surface area contributed by atoms with Crippen LogP contribution in [0, 0.1) is 19.7 Å². The van der Waals surface area contributed by atoms with Gasteiger partial charge in [0.2, 0.25) is 5.91 Å². The number of carbonyl (C=O) groups excluding carboxylic acids is 1. The number of nitrogens with zero attached hydrogens (tertiary/aromatic N) is 4. The summed E-state index contributed by atoms with van der Waals surface area (Å²) in [5, 5.41) is 6.90. The van der Waals surface area contributed by atoms with Gasteiger partial charge in [-0.1, -0.05) is 6.07 Å². The predicted octanol–water partition coefficient (Wildman–Crippen LogP) is 5.70. The minimum Gasteiger partial charge on any atom is -0.378 e. The van der Waals surface area contributed by atoms with Gasteiger partial charge in [-0.15, -0.1) is 0 Å². The first kappa shape index (κ1) is 27.3. The Bertz CT molecular complexity index is 1500. The van der Waals surface area contributed by atoms with E-state index in [-0.39, 0.29) is 30.2 Å². The number of halogens is 1. The van der Waals surface area contributed by atoms with Crippen LogP contribution in [-0.4, -0.2) is 46.1 Å². The van der Waals surface area contributed by atoms with Gasteiger partial charge in [0.05, 0.1) is 17.8 Å². The quantitative estimate of drug-likeness (QED) is 0.272. The summed E-state index contributed by atoms with van der Waals surface area (Å²) in [4.78, 5) is 21.6. The highest BCUT2D eigenvalue weighted by atomic mass is 32.1. The predicted molar refractivity (Wildman–Crippen MR) is 161 cm³/mol. The minimum absolute atomic E-state index is 0.165. The number of hydrogen-bond donors (Lipinski definition) is 2. The molecule has 0 spiro atoms. The van der Waals surface area contributed by atoms with E-state index in [0.717, 1.165) is 34.0 Å². The first-order valence-corrected chi connectivity index (χ1v) is 13.6. The number of nitrogens with one attached hydrogen (secondary N) is 2. The van der Waals surface area contributed by atoms with E-state index in [4.69, 9.17) is 12.2 Å². The van der Waals surface area contributed by atoms with Gasteiger partial charge in [-0.25, -0.2) is 4.39 Å². The van der Waals surface area contributed by atoms with Gasteiger partial charge in [0.1, 0.15) is 5.82 Å². The van der Waals surface area contributed by atoms with Crippen molar-refractivity contribution in [2.24, 2.45) is 0 Å². The van der Waals surface area contributed by atoms with Gasteiger partial charge >= 0.3 is 0 Å². The maximum Gasteiger partial charge on any atom is 0.226 e. The fourth-order valence-corrected chi connectivity index (χ4v) is 5.68. The molecular formula is C31H33FN6OS. The van der Waals surface area contributed by atoms with Gasteiger partial charge in [0, 0.05) is 61.7 Å². The van der Waals surface area contributed by atoms with Crippen LogP contribution in [0.3, 0.4) is 0 Å². The molecule has 9 heteroatoms. The van der Waals surface area contributed by atoms with Crippen LogP contribution in [0.25, 0.3) is 5.69 Å². The molecule has 2 N–H and O–H groups in total. The van der Waals surface area contributed by atoms with E-state index in [2.05, 4.69) is 74.2 Å². The number of carbonyl (C=O) groups is 1. The molecule has 4 aromatic rings. The summed E-state index contributed by atoms with van der Waals surface area (Å²) in [6.07, 6.45) is 2.00. The molecule has 0 saturated carbocycles. The number of benzene rings is 2. The van der Waals surface area contributed by atoms with E-state index in [1.165, 1.54) is 12.1 Å². The molecule has 1 aliphatic heterocycles. The maximum atomic E-state index is 13.3. The highest BCUT2D eigenvalue weighted by Gasteiger charge is 2.41. The maximum absolute atomic E-state index is 13.3. The summed E-state index contributed by atoms with van der Waals surface area (Å²) in [7, 11) is 4.06. The van der Waals surface area contributed by atoms with Crippen molar-refractivity contribution in [3.05, 3.63) is 107 Å². The van der Waals surface area contributed by atoms with Crippen LogP contribution in [0.4, 0.5) is 15.8 Å². The van der Waals surface area contributed by atoms with Crippen LogP contribution in [0.2, 0.25) is 0 Å². The van der Waals surface area contributed by atoms with Crippen molar-refractivity contribution in [2.45, 2.75) is 32.4 Å². The van der Waals surface area contributed by atoms with E-state index in [1.54, 1.807) is 18.3 Å². The Morgan fingerprint density at radius 1 is 1.07 bits per heavy atom. The van der Waals surface area contributed by atoms with Gasteiger partial charge in [0.25, 0.3) is 0 Å². The molecule has 3 heterocycles. The van der Waals surface area contributed by atoms with Crippen molar-refractivity contribution in [2.75, 3.05) is 30.9 Å². The second-order valence-electron chi connectivity index (χ2n) is 10.2. The average Bonchev–Trinajstić information content (AvgIpc) is 3.43. The zero-order valence-corrected chi connectivity index (χ0v) is 23.9. The van der Waals surface area contributed by atoms with E-state index in [1.807, 2.05) is 32.3 Å². The molecule has 2 unspecified atom stereocenters. The number of anilines is 2. The number of aryl methyl sites for hydroxylation is 1. The van der Waals surface area contributed by atoms with Crippen molar-refractivity contribution in [3.8, 4) is 5.69 Å². The largest absolute Gasteiger partial charge is 0.378 e. The Hall–Kier alpha value is -4.24. The number of rotatable bonds is 8. The molecular weight excluding hydrogens is 523 g/mol. The molecule has 2 aromatic heterocycles. The zero-order chi connectivity index (χ0) is 28.4. The number of amides is 1. The summed E-state index contributed by atoms with van der Waals surface area (Å²) in [6, 6.07) is 22.0. The zero-order valence-electron chi connectivity index (χ0n) is 23.1. The number of aromatic nitrogens is 2. The Kier molecular flexibility index (Phi) is 7.84. The van der Waals surface area contributed by atoms with Crippen LogP contribution >= 0.6 is 12.2 Å². The number of pyridine rings is 1. The standard InChI is InChI=1S/C31H33FN6OS/c1-20-19-26(21(2)38(20)25-14-12-24(13-15-25)36(3)4)30-29(27-7-5-6-17-33-27)35-31(40)37(30)18-16-28(39)34-23-10-8-22(32)9-11-23/h5-15,17,19,29-30H,16,18H2,1-4H3,(H,34,39)(H,35,40). The van der Waals surface area contributed by atoms with E-state index < -0.39 is 0 Å². The van der Waals surface area contributed by atoms with Crippen LogP contribution < -0.4 is 15.5 Å². The monoisotopic (exact) mass is 556 g/mol. The van der Waals surface area contributed by atoms with Crippen LogP contribution in [0.5, 0.6) is 0 Å². The average molecular weight is 557 g/mol. The highest BCUT2D eigenvalue weighted by molar-refractivity contribution is 7.80. The normalized spacial score (nSPS) is 16.6. The molecule has 0 radical (unpaired) electrons. The van der Waals surface area contributed by atoms with Gasteiger partial charge in [-0.05, 0) is 98.4 Å². The summed E-state index contributed by atoms with van der Waals surface area (Å²) < 4.78 is 15.5. The summed E-state index contributed by atoms with van der Waals surface area (Å²) in [6.45, 7) is 4.64. The van der Waals surface area contributed by atoms with Crippen molar-refractivity contribution in [3.63, 3.8) is 0 Å². The molecule has 40 heavy (non-hydrogen) atoms. The molecule has 0 bridgehead atoms. The van der Waals surface area contributed by atoms with Crippen molar-refractivity contribution < 1.29 is 9.18 Å². The second-order valence-corrected chi connectivity index (χ2v) is 10.6. The van der Waals surface area contributed by atoms with Crippen molar-refractivity contribution in [1.29, 1.82) is 0 Å². The molecule has 0 aliphatic carbocycles. The summed E-state index contributed by atoms with van der Waals surface area (Å²) >= 11 is 5.81. The second kappa shape index (κ2) is 11.5. The topological polar surface area (TPSA) is 65.4 Å². The highest BCUT2D eigenvalue weighted by Crippen LogP contribution is 2.41. The number of hydrogen-bond acceptors (Lipinski definition) is 4. The molecule has 1 aliphatic rings. The lowest BCUT2D eigenvalue weighted by molar-refractivity contribution is -0.116. The number of thiocarbonyl (C=S) groups is 1. The first-order valence-electron chi connectivity index (χ1n) is 13.2. The Labute approximate surface area is 239 Å². The summed E-state index contributed by atoms with van der Waals surface area (Å²) in [5.41, 5.74) is 6.99. The Morgan fingerprint density at radius 2 is 1.80 bits per heavy atom. The van der Waals surface area contributed by atoms with Crippen molar-refractivity contribution >= 4 is 34.6 Å². The molecule has 5 rings (SSSR count). The molecule has 2 atom stereocenters. The SMILES string of the molecule is Cc1cc(C2C(c3ccccn3)NC(=S)N2CCC(=O)Nc2ccc(F)cc2)c(C)n1-c1ccc(N(C)C)cc1. The fraction of sp³-hybridized carbons (Fsp3) is 0.258. The molecule has 2 aromatic carbocycles. The third-order valence-electron chi connectivity index (χ3n) is 7.32. The van der Waals surface area contributed by atoms with Gasteiger partial charge in [-0.2, -0.15) is 0 Å². The van der Waals surface area contributed by atoms with Gasteiger partial charge < -0.3 is 25.0 Å². The van der Waals surface area contributed by atoms with E-state index in [9.17, 15) is 9.18 Å². The minimum atomic E-state index is -0.346. The molecule has 1 amide bonds. The third-order valence-corrected chi connectivity index (χ3v) is 7.67.